The number of carbonyl (C=O) groups is 1. The molecule has 66 valence electrons. The average molecular weight is 202 g/mol. The van der Waals surface area contributed by atoms with Gasteiger partial charge in [-0.25, -0.2) is 4.98 Å². The lowest BCUT2D eigenvalue weighted by atomic mass is 10.5. The van der Waals surface area contributed by atoms with Gasteiger partial charge in [0.1, 0.15) is 5.01 Å². The lowest BCUT2D eigenvalue weighted by Crippen LogP contribution is -2.23. The Balaban J connectivity index is 2.38. The second kappa shape index (κ2) is 4.47. The quantitative estimate of drug-likeness (QED) is 0.718. The maximum atomic E-state index is 10.8. The smallest absolute Gasteiger partial charge is 0.230 e. The fraction of sp³-hybridized carbons (Fsp3) is 0.429. The van der Waals surface area contributed by atoms with E-state index in [9.17, 15) is 4.79 Å². The largest absolute Gasteiger partial charge is 0.349 e. The molecule has 3 nitrogen and oxygen atoms in total. The van der Waals surface area contributed by atoms with Crippen molar-refractivity contribution in [2.75, 3.05) is 5.75 Å². The van der Waals surface area contributed by atoms with Gasteiger partial charge in [-0.3, -0.25) is 4.79 Å². The predicted molar refractivity (Wildman–Crippen MR) is 52.6 cm³/mol. The first-order valence-electron chi connectivity index (χ1n) is 3.51. The van der Waals surface area contributed by atoms with Crippen molar-refractivity contribution >= 4 is 29.9 Å². The van der Waals surface area contributed by atoms with Crippen molar-refractivity contribution in [3.63, 3.8) is 0 Å². The third kappa shape index (κ3) is 2.83. The van der Waals surface area contributed by atoms with Gasteiger partial charge in [0.15, 0.2) is 0 Å². The van der Waals surface area contributed by atoms with Gasteiger partial charge in [-0.1, -0.05) is 0 Å². The van der Waals surface area contributed by atoms with Gasteiger partial charge in [-0.2, -0.15) is 12.6 Å². The van der Waals surface area contributed by atoms with E-state index in [4.69, 9.17) is 0 Å². The number of hydrogen-bond donors (Lipinski definition) is 2. The van der Waals surface area contributed by atoms with Gasteiger partial charge in [0.2, 0.25) is 5.91 Å². The van der Waals surface area contributed by atoms with Crippen LogP contribution in [0, 0.1) is 6.92 Å². The highest BCUT2D eigenvalue weighted by Gasteiger charge is 2.00. The van der Waals surface area contributed by atoms with Crippen molar-refractivity contribution in [3.05, 3.63) is 16.1 Å². The fourth-order valence-electron chi connectivity index (χ4n) is 0.714. The summed E-state index contributed by atoms with van der Waals surface area (Å²) in [6.07, 6.45) is 0. The molecule has 12 heavy (non-hydrogen) atoms. The predicted octanol–water partition coefficient (Wildman–Crippen LogP) is 0.998. The Morgan fingerprint density at radius 2 is 2.58 bits per heavy atom. The summed E-state index contributed by atoms with van der Waals surface area (Å²) >= 11 is 5.39. The van der Waals surface area contributed by atoms with Crippen LogP contribution in [0.15, 0.2) is 5.38 Å². The van der Waals surface area contributed by atoms with E-state index in [1.165, 1.54) is 0 Å². The minimum Gasteiger partial charge on any atom is -0.349 e. The topological polar surface area (TPSA) is 42.0 Å². The Morgan fingerprint density at radius 3 is 3.08 bits per heavy atom. The van der Waals surface area contributed by atoms with E-state index < -0.39 is 0 Å². The number of rotatable bonds is 3. The maximum Gasteiger partial charge on any atom is 0.230 e. The molecule has 0 saturated carbocycles. The minimum atomic E-state index is -0.0637. The molecular formula is C7H10N2OS2. The number of thiazole rings is 1. The number of hydrogen-bond acceptors (Lipinski definition) is 4. The van der Waals surface area contributed by atoms with Crippen molar-refractivity contribution in [2.24, 2.45) is 0 Å². The van der Waals surface area contributed by atoms with Crippen LogP contribution in [-0.4, -0.2) is 16.6 Å². The van der Waals surface area contributed by atoms with Gasteiger partial charge in [-0.15, -0.1) is 11.3 Å². The van der Waals surface area contributed by atoms with Gasteiger partial charge in [-0.05, 0) is 6.92 Å². The van der Waals surface area contributed by atoms with E-state index in [-0.39, 0.29) is 11.7 Å². The monoisotopic (exact) mass is 202 g/mol. The molecule has 0 unspecified atom stereocenters. The number of thiol groups is 1. The van der Waals surface area contributed by atoms with Gasteiger partial charge >= 0.3 is 0 Å². The van der Waals surface area contributed by atoms with Gasteiger partial charge < -0.3 is 5.32 Å². The number of amides is 1. The zero-order chi connectivity index (χ0) is 8.97. The molecule has 0 aromatic carbocycles. The van der Waals surface area contributed by atoms with Crippen molar-refractivity contribution in [1.29, 1.82) is 0 Å². The summed E-state index contributed by atoms with van der Waals surface area (Å²) in [6, 6.07) is 0. The normalized spacial score (nSPS) is 9.83. The Labute approximate surface area is 80.6 Å². The Kier molecular flexibility index (Phi) is 3.55. The lowest BCUT2D eigenvalue weighted by Gasteiger charge is -1.98. The van der Waals surface area contributed by atoms with Crippen LogP contribution < -0.4 is 5.32 Å². The summed E-state index contributed by atoms with van der Waals surface area (Å²) in [6.45, 7) is 2.44. The van der Waals surface area contributed by atoms with Crippen LogP contribution in [0.1, 0.15) is 10.7 Å². The molecule has 0 atom stereocenters. The molecule has 0 saturated heterocycles. The fourth-order valence-corrected chi connectivity index (χ4v) is 1.54. The third-order valence-corrected chi connectivity index (χ3v) is 2.50. The zero-order valence-corrected chi connectivity index (χ0v) is 8.41. The van der Waals surface area contributed by atoms with Crippen molar-refractivity contribution in [1.82, 2.24) is 10.3 Å². The van der Waals surface area contributed by atoms with E-state index in [0.29, 0.717) is 6.54 Å². The van der Waals surface area contributed by atoms with E-state index in [1.807, 2.05) is 12.3 Å². The molecular weight excluding hydrogens is 192 g/mol. The standard InChI is InChI=1S/C7H10N2OS2/c1-5-4-12-7(9-5)2-8-6(10)3-11/h4,11H,2-3H2,1H3,(H,8,10). The molecule has 0 spiro atoms. The van der Waals surface area contributed by atoms with E-state index >= 15 is 0 Å². The van der Waals surface area contributed by atoms with Crippen LogP contribution in [-0.2, 0) is 11.3 Å². The van der Waals surface area contributed by atoms with Crippen molar-refractivity contribution in [2.45, 2.75) is 13.5 Å². The third-order valence-electron chi connectivity index (χ3n) is 1.25. The first kappa shape index (κ1) is 9.54. The molecule has 1 amide bonds. The van der Waals surface area contributed by atoms with Crippen molar-refractivity contribution in [3.8, 4) is 0 Å². The zero-order valence-electron chi connectivity index (χ0n) is 6.70. The Bertz CT molecular complexity index is 272. The SMILES string of the molecule is Cc1csc(CNC(=O)CS)n1. The number of aromatic nitrogens is 1. The number of nitrogens with zero attached hydrogens (tertiary/aromatic N) is 1. The molecule has 1 heterocycles. The summed E-state index contributed by atoms with van der Waals surface area (Å²) in [5.74, 6) is 0.163. The van der Waals surface area contributed by atoms with E-state index in [2.05, 4.69) is 22.9 Å². The Morgan fingerprint density at radius 1 is 1.83 bits per heavy atom. The first-order chi connectivity index (χ1) is 5.72. The van der Waals surface area contributed by atoms with Crippen molar-refractivity contribution < 1.29 is 4.79 Å². The van der Waals surface area contributed by atoms with E-state index in [0.717, 1.165) is 10.7 Å². The minimum absolute atomic E-state index is 0.0637. The van der Waals surface area contributed by atoms with Crippen LogP contribution >= 0.6 is 24.0 Å². The Hall–Kier alpha value is -0.550. The molecule has 5 heteroatoms. The molecule has 0 radical (unpaired) electrons. The molecule has 1 aromatic heterocycles. The highest BCUT2D eigenvalue weighted by molar-refractivity contribution is 7.81. The summed E-state index contributed by atoms with van der Waals surface area (Å²) in [5.41, 5.74) is 0.995. The lowest BCUT2D eigenvalue weighted by molar-refractivity contribution is -0.118. The van der Waals surface area contributed by atoms with Crippen LogP contribution in [0.2, 0.25) is 0 Å². The van der Waals surface area contributed by atoms with E-state index in [1.54, 1.807) is 11.3 Å². The molecule has 0 fully saturated rings. The summed E-state index contributed by atoms with van der Waals surface area (Å²) in [4.78, 5) is 15.0. The highest BCUT2D eigenvalue weighted by Crippen LogP contribution is 2.07. The van der Waals surface area contributed by atoms with Crippen LogP contribution in [0.5, 0.6) is 0 Å². The number of aryl methyl sites for hydroxylation is 1. The summed E-state index contributed by atoms with van der Waals surface area (Å²) < 4.78 is 0. The molecule has 0 aliphatic carbocycles. The summed E-state index contributed by atoms with van der Waals surface area (Å²) in [7, 11) is 0. The first-order valence-corrected chi connectivity index (χ1v) is 5.02. The second-order valence-electron chi connectivity index (χ2n) is 2.32. The molecule has 1 N–H and O–H groups in total. The maximum absolute atomic E-state index is 10.8. The molecule has 0 aliphatic heterocycles. The molecule has 1 aromatic rings. The molecule has 0 bridgehead atoms. The molecule has 1 rings (SSSR count). The number of carbonyl (C=O) groups excluding carboxylic acids is 1. The van der Waals surface area contributed by atoms with Gasteiger partial charge in [0, 0.05) is 11.1 Å². The number of nitrogens with one attached hydrogen (secondary N) is 1. The molecule has 0 aliphatic rings. The van der Waals surface area contributed by atoms with Crippen LogP contribution in [0.25, 0.3) is 0 Å². The highest BCUT2D eigenvalue weighted by atomic mass is 32.1. The second-order valence-corrected chi connectivity index (χ2v) is 3.58. The van der Waals surface area contributed by atoms with Crippen LogP contribution in [0.3, 0.4) is 0 Å². The van der Waals surface area contributed by atoms with Gasteiger partial charge in [0.25, 0.3) is 0 Å². The summed E-state index contributed by atoms with van der Waals surface area (Å²) in [5, 5.41) is 5.59. The average Bonchev–Trinajstić information content (AvgIpc) is 2.47. The van der Waals surface area contributed by atoms with Crippen LogP contribution in [0.4, 0.5) is 0 Å². The van der Waals surface area contributed by atoms with Gasteiger partial charge in [0.05, 0.1) is 12.3 Å².